The Morgan fingerprint density at radius 1 is 1.35 bits per heavy atom. The van der Waals surface area contributed by atoms with Crippen molar-refractivity contribution in [2.45, 2.75) is 57.0 Å². The van der Waals surface area contributed by atoms with E-state index in [0.29, 0.717) is 25.6 Å². The molecule has 5 nitrogen and oxygen atoms in total. The first-order chi connectivity index (χ1) is 12.5. The van der Waals surface area contributed by atoms with E-state index in [-0.39, 0.29) is 5.91 Å². The Hall–Kier alpha value is -1.69. The Morgan fingerprint density at radius 3 is 2.85 bits per heavy atom. The van der Waals surface area contributed by atoms with Gasteiger partial charge in [0, 0.05) is 44.0 Å². The number of carbonyl (C=O) groups is 1. The van der Waals surface area contributed by atoms with Gasteiger partial charge < -0.3 is 15.5 Å². The minimum atomic E-state index is 0.239. The molecule has 0 aliphatic carbocycles. The molecular weight excluding hydrogens is 344 g/mol. The van der Waals surface area contributed by atoms with Crippen molar-refractivity contribution in [2.24, 2.45) is 4.99 Å². The first-order valence-electron chi connectivity index (χ1n) is 9.42. The number of piperidine rings is 1. The molecule has 1 saturated heterocycles. The number of carbonyl (C=O) groups excluding carboxylic acids is 1. The third-order valence-corrected chi connectivity index (χ3v) is 5.69. The highest BCUT2D eigenvalue weighted by Gasteiger charge is 2.22. The predicted molar refractivity (Wildman–Crippen MR) is 111 cm³/mol. The van der Waals surface area contributed by atoms with E-state index in [1.807, 2.05) is 4.90 Å². The molecule has 1 aliphatic rings. The van der Waals surface area contributed by atoms with Crippen molar-refractivity contribution >= 4 is 23.6 Å². The zero-order valence-electron chi connectivity index (χ0n) is 16.5. The van der Waals surface area contributed by atoms with Crippen LogP contribution in [-0.4, -0.2) is 49.2 Å². The minimum absolute atomic E-state index is 0.239. The fourth-order valence-corrected chi connectivity index (χ4v) is 4.00. The van der Waals surface area contributed by atoms with E-state index >= 15 is 0 Å². The van der Waals surface area contributed by atoms with Gasteiger partial charge in [-0.15, -0.1) is 11.8 Å². The zero-order chi connectivity index (χ0) is 18.9. The number of nitrogens with one attached hydrogen (secondary N) is 2. The lowest BCUT2D eigenvalue weighted by Gasteiger charge is -2.33. The van der Waals surface area contributed by atoms with E-state index < -0.39 is 0 Å². The highest BCUT2D eigenvalue weighted by Crippen LogP contribution is 2.21. The third-order valence-electron chi connectivity index (χ3n) is 4.87. The van der Waals surface area contributed by atoms with Crippen LogP contribution >= 0.6 is 11.8 Å². The van der Waals surface area contributed by atoms with Gasteiger partial charge in [-0.05, 0) is 56.6 Å². The molecule has 1 aromatic rings. The number of thioether (sulfide) groups is 1. The second-order valence-corrected chi connectivity index (χ2v) is 7.70. The minimum Gasteiger partial charge on any atom is -0.356 e. The van der Waals surface area contributed by atoms with Crippen LogP contribution in [0.2, 0.25) is 0 Å². The van der Waals surface area contributed by atoms with Crippen LogP contribution in [-0.2, 0) is 11.3 Å². The topological polar surface area (TPSA) is 56.7 Å². The van der Waals surface area contributed by atoms with Gasteiger partial charge in [-0.25, -0.2) is 0 Å². The van der Waals surface area contributed by atoms with Gasteiger partial charge in [-0.1, -0.05) is 12.1 Å². The monoisotopic (exact) mass is 376 g/mol. The smallest absolute Gasteiger partial charge is 0.224 e. The Morgan fingerprint density at radius 2 is 2.15 bits per heavy atom. The Balaban J connectivity index is 1.78. The molecule has 2 rings (SSSR count). The Kier molecular flexibility index (Phi) is 8.29. The van der Waals surface area contributed by atoms with Crippen LogP contribution in [0.15, 0.2) is 28.1 Å². The molecule has 1 amide bonds. The number of amides is 1. The maximum atomic E-state index is 12.4. The number of aliphatic imine (C=N–C) groups is 1. The summed E-state index contributed by atoms with van der Waals surface area (Å²) in [6.45, 7) is 6.48. The third kappa shape index (κ3) is 5.94. The highest BCUT2D eigenvalue weighted by atomic mass is 32.2. The van der Waals surface area contributed by atoms with Crippen LogP contribution in [0.1, 0.15) is 43.7 Å². The fraction of sp³-hybridized carbons (Fsp3) is 0.600. The summed E-state index contributed by atoms with van der Waals surface area (Å²) in [5, 5.41) is 6.60. The quantitative estimate of drug-likeness (QED) is 0.455. The van der Waals surface area contributed by atoms with Crippen LogP contribution in [0.4, 0.5) is 0 Å². The van der Waals surface area contributed by atoms with Crippen molar-refractivity contribution in [1.29, 1.82) is 0 Å². The summed E-state index contributed by atoms with van der Waals surface area (Å²) in [6, 6.07) is 6.87. The average molecular weight is 377 g/mol. The summed E-state index contributed by atoms with van der Waals surface area (Å²) in [7, 11) is 1.76. The Labute approximate surface area is 162 Å². The van der Waals surface area contributed by atoms with E-state index in [1.54, 1.807) is 18.8 Å². The number of hydrogen-bond acceptors (Lipinski definition) is 3. The molecule has 144 valence electrons. The van der Waals surface area contributed by atoms with Crippen molar-refractivity contribution in [3.8, 4) is 0 Å². The summed E-state index contributed by atoms with van der Waals surface area (Å²) in [5.74, 6) is 0.973. The maximum Gasteiger partial charge on any atom is 0.224 e. The number of hydrogen-bond donors (Lipinski definition) is 2. The molecule has 0 bridgehead atoms. The standard InChI is InChI=1S/C20H32N4OS/c1-15-8-9-17(18(13-15)26-4)14-23-20(21-3)22-11-10-19(25)24-12-6-5-7-16(24)2/h8-9,13,16H,5-7,10-12,14H2,1-4H3,(H2,21,22,23). The van der Waals surface area contributed by atoms with Crippen LogP contribution in [0.5, 0.6) is 0 Å². The Bertz CT molecular complexity index is 632. The number of rotatable bonds is 6. The molecule has 1 aromatic carbocycles. The van der Waals surface area contributed by atoms with E-state index in [0.717, 1.165) is 25.3 Å². The van der Waals surface area contributed by atoms with E-state index in [4.69, 9.17) is 0 Å². The largest absolute Gasteiger partial charge is 0.356 e. The number of aryl methyl sites for hydroxylation is 1. The molecular formula is C20H32N4OS. The summed E-state index contributed by atoms with van der Waals surface area (Å²) in [6.07, 6.45) is 6.08. The number of nitrogens with zero attached hydrogens (tertiary/aromatic N) is 2. The maximum absolute atomic E-state index is 12.4. The van der Waals surface area contributed by atoms with E-state index in [2.05, 4.69) is 53.9 Å². The summed E-state index contributed by atoms with van der Waals surface area (Å²) in [4.78, 5) is 20.0. The number of guanidine groups is 1. The van der Waals surface area contributed by atoms with Crippen molar-refractivity contribution in [3.05, 3.63) is 29.3 Å². The number of likely N-dealkylation sites (tertiary alicyclic amines) is 1. The van der Waals surface area contributed by atoms with Crippen molar-refractivity contribution in [3.63, 3.8) is 0 Å². The normalized spacial score (nSPS) is 17.9. The van der Waals surface area contributed by atoms with Crippen LogP contribution in [0.25, 0.3) is 0 Å². The van der Waals surface area contributed by atoms with Gasteiger partial charge in [-0.2, -0.15) is 0 Å². The average Bonchev–Trinajstić information content (AvgIpc) is 2.65. The molecule has 0 spiro atoms. The van der Waals surface area contributed by atoms with Crippen molar-refractivity contribution in [1.82, 2.24) is 15.5 Å². The first kappa shape index (κ1) is 20.6. The highest BCUT2D eigenvalue weighted by molar-refractivity contribution is 7.98. The lowest BCUT2D eigenvalue weighted by Crippen LogP contribution is -2.44. The van der Waals surface area contributed by atoms with Crippen LogP contribution in [0.3, 0.4) is 0 Å². The SMILES string of the molecule is CN=C(NCCC(=O)N1CCCCC1C)NCc1ccc(C)cc1SC. The van der Waals surface area contributed by atoms with Crippen molar-refractivity contribution in [2.75, 3.05) is 26.4 Å². The van der Waals surface area contributed by atoms with E-state index in [1.165, 1.54) is 22.4 Å². The lowest BCUT2D eigenvalue weighted by atomic mass is 10.0. The summed E-state index contributed by atoms with van der Waals surface area (Å²) in [5.41, 5.74) is 2.52. The molecule has 1 aliphatic heterocycles. The second kappa shape index (κ2) is 10.5. The summed E-state index contributed by atoms with van der Waals surface area (Å²) >= 11 is 1.76. The van der Waals surface area contributed by atoms with Gasteiger partial charge in [0.2, 0.25) is 5.91 Å². The van der Waals surface area contributed by atoms with Gasteiger partial charge in [0.15, 0.2) is 5.96 Å². The predicted octanol–water partition coefficient (Wildman–Crippen LogP) is 3.17. The molecule has 26 heavy (non-hydrogen) atoms. The second-order valence-electron chi connectivity index (χ2n) is 6.85. The molecule has 6 heteroatoms. The van der Waals surface area contributed by atoms with Gasteiger partial charge in [0.25, 0.3) is 0 Å². The molecule has 0 aromatic heterocycles. The fourth-order valence-electron chi connectivity index (χ4n) is 3.30. The van der Waals surface area contributed by atoms with Gasteiger partial charge in [0.05, 0.1) is 0 Å². The molecule has 0 radical (unpaired) electrons. The van der Waals surface area contributed by atoms with Crippen LogP contribution < -0.4 is 10.6 Å². The molecule has 1 fully saturated rings. The first-order valence-corrected chi connectivity index (χ1v) is 10.6. The number of benzene rings is 1. The van der Waals surface area contributed by atoms with Crippen molar-refractivity contribution < 1.29 is 4.79 Å². The lowest BCUT2D eigenvalue weighted by molar-refractivity contribution is -0.134. The molecule has 0 saturated carbocycles. The molecule has 1 atom stereocenters. The van der Waals surface area contributed by atoms with Gasteiger partial charge in [-0.3, -0.25) is 9.79 Å². The molecule has 1 unspecified atom stereocenters. The summed E-state index contributed by atoms with van der Waals surface area (Å²) < 4.78 is 0. The van der Waals surface area contributed by atoms with E-state index in [9.17, 15) is 4.79 Å². The molecule has 2 N–H and O–H groups in total. The van der Waals surface area contributed by atoms with Crippen LogP contribution in [0, 0.1) is 6.92 Å². The van der Waals surface area contributed by atoms with Gasteiger partial charge >= 0.3 is 0 Å². The molecule has 1 heterocycles. The van der Waals surface area contributed by atoms with Gasteiger partial charge in [0.1, 0.15) is 0 Å². The zero-order valence-corrected chi connectivity index (χ0v) is 17.3.